The van der Waals surface area contributed by atoms with Crippen molar-refractivity contribution in [1.29, 1.82) is 0 Å². The number of aromatic nitrogens is 1. The molecule has 0 fully saturated rings. The van der Waals surface area contributed by atoms with E-state index in [9.17, 15) is 9.59 Å². The standard InChI is InChI=1S/C27H30N6O2S/c1-3-4-8-22(34)33-21-15-30-26(29)24-23(16(2)36-25(21)24)18-9-11-19(12-10-18)31-27(35)32-20-7-5-6-17(13-20)14-28/h5-7,9-13,15H,3-4,8,14,28H2,1-2H3,(H2,29,30)(H,33,34)(H2,31,32,35). The number of anilines is 4. The zero-order valence-corrected chi connectivity index (χ0v) is 21.2. The van der Waals surface area contributed by atoms with Gasteiger partial charge >= 0.3 is 6.03 Å². The van der Waals surface area contributed by atoms with E-state index in [0.29, 0.717) is 35.8 Å². The van der Waals surface area contributed by atoms with Crippen molar-refractivity contribution in [3.8, 4) is 11.1 Å². The lowest BCUT2D eigenvalue weighted by atomic mass is 10.0. The van der Waals surface area contributed by atoms with Crippen LogP contribution in [0.3, 0.4) is 0 Å². The number of nitrogens with one attached hydrogen (secondary N) is 3. The highest BCUT2D eigenvalue weighted by Crippen LogP contribution is 2.43. The number of pyridine rings is 1. The van der Waals surface area contributed by atoms with Crippen molar-refractivity contribution >= 4 is 56.2 Å². The molecule has 0 bridgehead atoms. The second-order valence-corrected chi connectivity index (χ2v) is 9.73. The van der Waals surface area contributed by atoms with Crippen LogP contribution in [0.5, 0.6) is 0 Å². The fourth-order valence-electron chi connectivity index (χ4n) is 4.01. The average molecular weight is 503 g/mol. The Hall–Kier alpha value is -3.95. The maximum absolute atomic E-state index is 12.4. The Morgan fingerprint density at radius 1 is 1.03 bits per heavy atom. The summed E-state index contributed by atoms with van der Waals surface area (Å²) in [5, 5.41) is 9.48. The van der Waals surface area contributed by atoms with Gasteiger partial charge in [0.1, 0.15) is 5.82 Å². The first-order valence-electron chi connectivity index (χ1n) is 11.8. The minimum atomic E-state index is -0.342. The van der Waals surface area contributed by atoms with Crippen LogP contribution in [0.4, 0.5) is 27.7 Å². The molecule has 0 aliphatic carbocycles. The summed E-state index contributed by atoms with van der Waals surface area (Å²) in [5.41, 5.74) is 16.8. The Balaban J connectivity index is 1.54. The van der Waals surface area contributed by atoms with E-state index in [2.05, 4.69) is 27.9 Å². The smallest absolute Gasteiger partial charge is 0.323 e. The van der Waals surface area contributed by atoms with Crippen LogP contribution < -0.4 is 27.4 Å². The lowest BCUT2D eigenvalue weighted by molar-refractivity contribution is -0.116. The van der Waals surface area contributed by atoms with Gasteiger partial charge in [0, 0.05) is 40.2 Å². The van der Waals surface area contributed by atoms with Gasteiger partial charge in [-0.1, -0.05) is 37.6 Å². The van der Waals surface area contributed by atoms with Crippen LogP contribution in [0.25, 0.3) is 21.2 Å². The lowest BCUT2D eigenvalue weighted by Gasteiger charge is -2.10. The van der Waals surface area contributed by atoms with Gasteiger partial charge in [-0.15, -0.1) is 11.3 Å². The van der Waals surface area contributed by atoms with E-state index in [1.807, 2.05) is 55.5 Å². The van der Waals surface area contributed by atoms with Crippen LogP contribution in [0.1, 0.15) is 36.6 Å². The topological polar surface area (TPSA) is 135 Å². The normalized spacial score (nSPS) is 10.9. The van der Waals surface area contributed by atoms with Crippen LogP contribution in [0, 0.1) is 6.92 Å². The molecule has 7 N–H and O–H groups in total. The van der Waals surface area contributed by atoms with Crippen LogP contribution >= 0.6 is 11.3 Å². The fourth-order valence-corrected chi connectivity index (χ4v) is 5.16. The predicted molar refractivity (Wildman–Crippen MR) is 149 cm³/mol. The molecule has 2 heterocycles. The highest BCUT2D eigenvalue weighted by Gasteiger charge is 2.18. The molecule has 0 atom stereocenters. The molecule has 8 nitrogen and oxygen atoms in total. The fraction of sp³-hybridized carbons (Fsp3) is 0.222. The molecule has 0 aliphatic heterocycles. The monoisotopic (exact) mass is 502 g/mol. The summed E-state index contributed by atoms with van der Waals surface area (Å²) < 4.78 is 0.904. The number of benzene rings is 2. The summed E-state index contributed by atoms with van der Waals surface area (Å²) in [6, 6.07) is 14.6. The number of carbonyl (C=O) groups excluding carboxylic acids is 2. The predicted octanol–water partition coefficient (Wildman–Crippen LogP) is 6.09. The summed E-state index contributed by atoms with van der Waals surface area (Å²) in [6.07, 6.45) is 3.89. The lowest BCUT2D eigenvalue weighted by Crippen LogP contribution is -2.19. The molecule has 4 rings (SSSR count). The van der Waals surface area contributed by atoms with Gasteiger partial charge in [-0.2, -0.15) is 0 Å². The number of hydrogen-bond donors (Lipinski definition) is 5. The Kier molecular flexibility index (Phi) is 7.82. The van der Waals surface area contributed by atoms with Crippen LogP contribution in [-0.2, 0) is 11.3 Å². The molecular formula is C27H30N6O2S. The number of fused-ring (bicyclic) bond motifs is 1. The summed E-state index contributed by atoms with van der Waals surface area (Å²) >= 11 is 1.58. The van der Waals surface area contributed by atoms with E-state index in [1.165, 1.54) is 0 Å². The third-order valence-electron chi connectivity index (χ3n) is 5.80. The van der Waals surface area contributed by atoms with Crippen molar-refractivity contribution in [3.05, 3.63) is 65.2 Å². The van der Waals surface area contributed by atoms with Crippen molar-refractivity contribution in [2.24, 2.45) is 5.73 Å². The number of amides is 3. The molecule has 0 unspecified atom stereocenters. The number of thiophene rings is 1. The quantitative estimate of drug-likeness (QED) is 0.199. The first kappa shape index (κ1) is 25.2. The van der Waals surface area contributed by atoms with E-state index in [-0.39, 0.29) is 11.9 Å². The molecule has 2 aromatic carbocycles. The van der Waals surface area contributed by atoms with Crippen LogP contribution in [0.15, 0.2) is 54.7 Å². The van der Waals surface area contributed by atoms with Crippen molar-refractivity contribution in [1.82, 2.24) is 4.98 Å². The highest BCUT2D eigenvalue weighted by molar-refractivity contribution is 7.20. The van der Waals surface area contributed by atoms with Crippen molar-refractivity contribution in [3.63, 3.8) is 0 Å². The number of unbranched alkanes of at least 4 members (excludes halogenated alkanes) is 1. The largest absolute Gasteiger partial charge is 0.383 e. The average Bonchev–Trinajstić information content (AvgIpc) is 3.23. The Bertz CT molecular complexity index is 1400. The molecular weight excluding hydrogens is 472 g/mol. The van der Waals surface area contributed by atoms with E-state index in [0.717, 1.165) is 44.5 Å². The van der Waals surface area contributed by atoms with Gasteiger partial charge in [0.15, 0.2) is 0 Å². The molecule has 3 amide bonds. The number of urea groups is 1. The van der Waals surface area contributed by atoms with Gasteiger partial charge in [0.25, 0.3) is 0 Å². The maximum Gasteiger partial charge on any atom is 0.323 e. The van der Waals surface area contributed by atoms with Gasteiger partial charge in [-0.3, -0.25) is 4.79 Å². The van der Waals surface area contributed by atoms with Gasteiger partial charge in [-0.05, 0) is 48.7 Å². The molecule has 36 heavy (non-hydrogen) atoms. The molecule has 0 saturated heterocycles. The number of nitrogens with two attached hydrogens (primary N) is 2. The molecule has 0 radical (unpaired) electrons. The summed E-state index contributed by atoms with van der Waals surface area (Å²) in [7, 11) is 0. The first-order valence-corrected chi connectivity index (χ1v) is 12.7. The number of hydrogen-bond acceptors (Lipinski definition) is 6. The van der Waals surface area contributed by atoms with E-state index < -0.39 is 0 Å². The van der Waals surface area contributed by atoms with Crippen LogP contribution in [0.2, 0.25) is 0 Å². The van der Waals surface area contributed by atoms with Gasteiger partial charge in [0.2, 0.25) is 5.91 Å². The van der Waals surface area contributed by atoms with Crippen molar-refractivity contribution in [2.45, 2.75) is 39.7 Å². The third kappa shape index (κ3) is 5.64. The molecule has 0 saturated carbocycles. The zero-order chi connectivity index (χ0) is 25.7. The molecule has 0 aliphatic rings. The summed E-state index contributed by atoms with van der Waals surface area (Å²) in [4.78, 5) is 30.2. The van der Waals surface area contributed by atoms with Gasteiger partial charge in [0.05, 0.1) is 16.6 Å². The van der Waals surface area contributed by atoms with E-state index in [1.54, 1.807) is 17.5 Å². The number of nitrogens with zero attached hydrogens (tertiary/aromatic N) is 1. The highest BCUT2D eigenvalue weighted by atomic mass is 32.1. The Morgan fingerprint density at radius 2 is 1.78 bits per heavy atom. The molecule has 0 spiro atoms. The number of rotatable bonds is 8. The van der Waals surface area contributed by atoms with Crippen molar-refractivity contribution in [2.75, 3.05) is 21.7 Å². The summed E-state index contributed by atoms with van der Waals surface area (Å²) in [5.74, 6) is 0.387. The number of carbonyl (C=O) groups is 2. The number of aryl methyl sites for hydroxylation is 1. The SMILES string of the molecule is CCCCC(=O)Nc1cnc(N)c2c(-c3ccc(NC(=O)Nc4cccc(CN)c4)cc3)c(C)sc12. The van der Waals surface area contributed by atoms with Gasteiger partial charge in [-0.25, -0.2) is 9.78 Å². The van der Waals surface area contributed by atoms with Crippen LogP contribution in [-0.4, -0.2) is 16.9 Å². The second kappa shape index (κ2) is 11.2. The maximum atomic E-state index is 12.4. The molecule has 9 heteroatoms. The molecule has 4 aromatic rings. The Morgan fingerprint density at radius 3 is 2.50 bits per heavy atom. The Labute approximate surface area is 214 Å². The minimum absolute atomic E-state index is 0.0271. The second-order valence-electron chi connectivity index (χ2n) is 8.51. The molecule has 2 aromatic heterocycles. The van der Waals surface area contributed by atoms with E-state index in [4.69, 9.17) is 11.5 Å². The van der Waals surface area contributed by atoms with Crippen molar-refractivity contribution < 1.29 is 9.59 Å². The number of nitrogen functional groups attached to an aromatic ring is 1. The van der Waals surface area contributed by atoms with Gasteiger partial charge < -0.3 is 27.4 Å². The first-order chi connectivity index (χ1) is 17.4. The third-order valence-corrected chi connectivity index (χ3v) is 6.94. The molecule has 186 valence electrons. The minimum Gasteiger partial charge on any atom is -0.383 e. The summed E-state index contributed by atoms with van der Waals surface area (Å²) in [6.45, 7) is 4.48. The zero-order valence-electron chi connectivity index (χ0n) is 20.4. The van der Waals surface area contributed by atoms with E-state index >= 15 is 0 Å².